The van der Waals surface area contributed by atoms with Crippen molar-refractivity contribution in [3.05, 3.63) is 84.9 Å². The molecule has 4 aromatic carbocycles. The van der Waals surface area contributed by atoms with Crippen molar-refractivity contribution in [3.63, 3.8) is 0 Å². The van der Waals surface area contributed by atoms with Gasteiger partial charge < -0.3 is 14.6 Å². The van der Waals surface area contributed by atoms with Gasteiger partial charge in [-0.05, 0) is 35.8 Å². The Bertz CT molecular complexity index is 1550. The van der Waals surface area contributed by atoms with E-state index in [-0.39, 0.29) is 0 Å². The molecule has 2 N–H and O–H groups in total. The molecule has 0 atom stereocenters. The van der Waals surface area contributed by atoms with Crippen LogP contribution in [0.1, 0.15) is 0 Å². The van der Waals surface area contributed by atoms with E-state index >= 15 is 0 Å². The zero-order chi connectivity index (χ0) is 19.5. The molecule has 0 unspecified atom stereocenters. The number of aromatic nitrogens is 1. The maximum atomic E-state index is 9.62. The van der Waals surface area contributed by atoms with Crippen molar-refractivity contribution in [3.8, 4) is 5.69 Å². The van der Waals surface area contributed by atoms with E-state index in [9.17, 15) is 10.0 Å². The van der Waals surface area contributed by atoms with E-state index in [1.165, 1.54) is 20.2 Å². The summed E-state index contributed by atoms with van der Waals surface area (Å²) in [6, 6.07) is 29.0. The Hall–Kier alpha value is -3.12. The minimum Gasteiger partial charge on any atom is -0.423 e. The van der Waals surface area contributed by atoms with Crippen molar-refractivity contribution >= 4 is 65.9 Å². The Balaban J connectivity index is 1.68. The maximum Gasteiger partial charge on any atom is 0.488 e. The summed E-state index contributed by atoms with van der Waals surface area (Å²) < 4.78 is 4.81. The molecule has 0 amide bonds. The molecule has 2 heterocycles. The van der Waals surface area contributed by atoms with Crippen molar-refractivity contribution in [2.75, 3.05) is 0 Å². The molecule has 5 heteroatoms. The molecule has 0 aliphatic heterocycles. The molecular weight excluding hydrogens is 377 g/mol. The average molecular weight is 393 g/mol. The lowest BCUT2D eigenvalue weighted by Crippen LogP contribution is -2.29. The number of para-hydroxylation sites is 1. The molecular formula is C24H16BNO2S. The molecule has 0 saturated heterocycles. The molecule has 138 valence electrons. The predicted molar refractivity (Wildman–Crippen MR) is 123 cm³/mol. The van der Waals surface area contributed by atoms with Crippen molar-refractivity contribution < 1.29 is 10.0 Å². The largest absolute Gasteiger partial charge is 0.488 e. The van der Waals surface area contributed by atoms with E-state index in [1.807, 2.05) is 35.6 Å². The van der Waals surface area contributed by atoms with Gasteiger partial charge in [0.1, 0.15) is 0 Å². The van der Waals surface area contributed by atoms with Crippen LogP contribution in [-0.2, 0) is 0 Å². The van der Waals surface area contributed by atoms with Crippen molar-refractivity contribution in [2.45, 2.75) is 0 Å². The third-order valence-electron chi connectivity index (χ3n) is 5.62. The van der Waals surface area contributed by atoms with E-state index in [0.29, 0.717) is 5.46 Å². The summed E-state index contributed by atoms with van der Waals surface area (Å²) in [5.74, 6) is 0. The van der Waals surface area contributed by atoms with Gasteiger partial charge in [-0.2, -0.15) is 0 Å². The Morgan fingerprint density at radius 2 is 1.34 bits per heavy atom. The Morgan fingerprint density at radius 1 is 0.621 bits per heavy atom. The Kier molecular flexibility index (Phi) is 3.59. The van der Waals surface area contributed by atoms with Gasteiger partial charge in [0.05, 0.1) is 11.0 Å². The molecule has 0 aliphatic rings. The highest BCUT2D eigenvalue weighted by atomic mass is 32.1. The maximum absolute atomic E-state index is 9.62. The first-order valence-corrected chi connectivity index (χ1v) is 10.3. The SMILES string of the molecule is OB(O)c1ccc2c(c1)c1ccccc1n2-c1ccc2c(c1)sc1ccccc12. The molecule has 6 rings (SSSR count). The highest BCUT2D eigenvalue weighted by Gasteiger charge is 2.17. The van der Waals surface area contributed by atoms with Crippen LogP contribution in [0.25, 0.3) is 47.7 Å². The minimum absolute atomic E-state index is 0.500. The first-order chi connectivity index (χ1) is 14.2. The van der Waals surface area contributed by atoms with Gasteiger partial charge in [-0.1, -0.05) is 54.6 Å². The monoisotopic (exact) mass is 393 g/mol. The van der Waals surface area contributed by atoms with E-state index in [4.69, 9.17) is 0 Å². The summed E-state index contributed by atoms with van der Waals surface area (Å²) in [5, 5.41) is 23.9. The van der Waals surface area contributed by atoms with Gasteiger partial charge in [-0.15, -0.1) is 11.3 Å². The number of rotatable bonds is 2. The minimum atomic E-state index is -1.48. The number of hydrogen-bond acceptors (Lipinski definition) is 3. The predicted octanol–water partition coefficient (Wildman–Crippen LogP) is 4.83. The fraction of sp³-hybridized carbons (Fsp3) is 0. The number of nitrogens with zero attached hydrogens (tertiary/aromatic N) is 1. The molecule has 6 aromatic rings. The van der Waals surface area contributed by atoms with Gasteiger partial charge in [0.25, 0.3) is 0 Å². The molecule has 2 aromatic heterocycles. The van der Waals surface area contributed by atoms with Gasteiger partial charge in [-0.3, -0.25) is 0 Å². The first-order valence-electron chi connectivity index (χ1n) is 9.51. The van der Waals surface area contributed by atoms with Crippen molar-refractivity contribution in [1.29, 1.82) is 0 Å². The standard InChI is InChI=1S/C24H16BNO2S/c27-25(28)15-9-12-22-20(13-15)17-5-1-3-7-21(17)26(22)16-10-11-19-18-6-2-4-8-23(18)29-24(19)14-16/h1-14,27-28H. The highest BCUT2D eigenvalue weighted by molar-refractivity contribution is 7.25. The fourth-order valence-corrected chi connectivity index (χ4v) is 5.42. The van der Waals surface area contributed by atoms with E-state index in [0.717, 1.165) is 27.5 Å². The number of benzene rings is 4. The molecule has 0 radical (unpaired) electrons. The van der Waals surface area contributed by atoms with Crippen LogP contribution in [-0.4, -0.2) is 21.7 Å². The second-order valence-corrected chi connectivity index (χ2v) is 8.37. The third-order valence-corrected chi connectivity index (χ3v) is 6.75. The zero-order valence-electron chi connectivity index (χ0n) is 15.4. The van der Waals surface area contributed by atoms with Gasteiger partial charge in [0.2, 0.25) is 0 Å². The van der Waals surface area contributed by atoms with Gasteiger partial charge in [-0.25, -0.2) is 0 Å². The summed E-state index contributed by atoms with van der Waals surface area (Å²) >= 11 is 1.81. The van der Waals surface area contributed by atoms with Crippen LogP contribution in [0, 0.1) is 0 Å². The normalized spacial score (nSPS) is 11.8. The highest BCUT2D eigenvalue weighted by Crippen LogP contribution is 2.37. The van der Waals surface area contributed by atoms with Gasteiger partial charge in [0, 0.05) is 36.6 Å². The second-order valence-electron chi connectivity index (χ2n) is 7.28. The van der Waals surface area contributed by atoms with Gasteiger partial charge >= 0.3 is 7.12 Å². The molecule has 0 bridgehead atoms. The quantitative estimate of drug-likeness (QED) is 0.414. The first kappa shape index (κ1) is 16.8. The van der Waals surface area contributed by atoms with E-state index in [1.54, 1.807) is 6.07 Å². The van der Waals surface area contributed by atoms with Crippen LogP contribution in [0.2, 0.25) is 0 Å². The van der Waals surface area contributed by atoms with Crippen molar-refractivity contribution in [1.82, 2.24) is 4.57 Å². The summed E-state index contributed by atoms with van der Waals surface area (Å²) in [6.45, 7) is 0. The lowest BCUT2D eigenvalue weighted by atomic mass is 9.80. The summed E-state index contributed by atoms with van der Waals surface area (Å²) in [4.78, 5) is 0. The molecule has 0 saturated carbocycles. The lowest BCUT2D eigenvalue weighted by Gasteiger charge is -2.08. The van der Waals surface area contributed by atoms with Crippen LogP contribution < -0.4 is 5.46 Å². The van der Waals surface area contributed by atoms with Crippen LogP contribution in [0.15, 0.2) is 84.9 Å². The number of hydrogen-bond donors (Lipinski definition) is 2. The van der Waals surface area contributed by atoms with Crippen LogP contribution in [0.5, 0.6) is 0 Å². The molecule has 0 spiro atoms. The average Bonchev–Trinajstić information content (AvgIpc) is 3.28. The molecule has 29 heavy (non-hydrogen) atoms. The Morgan fingerprint density at radius 3 is 2.21 bits per heavy atom. The third kappa shape index (κ3) is 2.45. The van der Waals surface area contributed by atoms with Gasteiger partial charge in [0.15, 0.2) is 0 Å². The topological polar surface area (TPSA) is 45.4 Å². The van der Waals surface area contributed by atoms with Crippen molar-refractivity contribution in [2.24, 2.45) is 0 Å². The Labute approximate surface area is 171 Å². The number of thiophene rings is 1. The van der Waals surface area contributed by atoms with Crippen LogP contribution >= 0.6 is 11.3 Å². The van der Waals surface area contributed by atoms with E-state index in [2.05, 4.69) is 59.2 Å². The smallest absolute Gasteiger partial charge is 0.423 e. The lowest BCUT2D eigenvalue weighted by molar-refractivity contribution is 0.426. The van der Waals surface area contributed by atoms with Crippen LogP contribution in [0.4, 0.5) is 0 Å². The second kappa shape index (κ2) is 6.19. The summed E-state index contributed by atoms with van der Waals surface area (Å²) in [5.41, 5.74) is 3.76. The number of fused-ring (bicyclic) bond motifs is 6. The summed E-state index contributed by atoms with van der Waals surface area (Å²) in [7, 11) is -1.48. The van der Waals surface area contributed by atoms with Crippen LogP contribution in [0.3, 0.4) is 0 Å². The van der Waals surface area contributed by atoms with E-state index < -0.39 is 7.12 Å². The zero-order valence-corrected chi connectivity index (χ0v) is 16.2. The molecule has 0 aliphatic carbocycles. The summed E-state index contributed by atoms with van der Waals surface area (Å²) in [6.07, 6.45) is 0. The fourth-order valence-electron chi connectivity index (χ4n) is 4.28. The molecule has 0 fully saturated rings. The molecule has 3 nitrogen and oxygen atoms in total.